The molecule has 26 heavy (non-hydrogen) atoms. The van der Waals surface area contributed by atoms with Gasteiger partial charge in [0.15, 0.2) is 5.17 Å². The molecule has 2 rings (SSSR count). The lowest BCUT2D eigenvalue weighted by Gasteiger charge is -2.19. The molecule has 0 radical (unpaired) electrons. The van der Waals surface area contributed by atoms with E-state index in [2.05, 4.69) is 0 Å². The van der Waals surface area contributed by atoms with Gasteiger partial charge in [0.2, 0.25) is 0 Å². The van der Waals surface area contributed by atoms with Crippen LogP contribution in [0.4, 0.5) is 0 Å². The average Bonchev–Trinajstić information content (AvgIpc) is 2.59. The quantitative estimate of drug-likeness (QED) is 0.289. The molecular formula is C18H28N2O4S2. The minimum atomic E-state index is -4.02. The van der Waals surface area contributed by atoms with Gasteiger partial charge >= 0.3 is 0 Å². The minimum Gasteiger partial charge on any atom is -0.379 e. The van der Waals surface area contributed by atoms with Crippen LogP contribution in [0.1, 0.15) is 50.5 Å². The number of nitrogens with one attached hydrogen (secondary N) is 1. The molecule has 0 unspecified atom stereocenters. The second-order valence-electron chi connectivity index (χ2n) is 6.41. The Morgan fingerprint density at radius 1 is 1.23 bits per heavy atom. The third-order valence-corrected chi connectivity index (χ3v) is 5.88. The molecule has 0 saturated heterocycles. The van der Waals surface area contributed by atoms with E-state index in [1.165, 1.54) is 43.2 Å². The van der Waals surface area contributed by atoms with Crippen LogP contribution in [0, 0.1) is 18.3 Å². The van der Waals surface area contributed by atoms with E-state index >= 15 is 0 Å². The molecule has 0 spiro atoms. The number of carbonyl (C=O) groups excluding carboxylic acids is 1. The Morgan fingerprint density at radius 2 is 1.81 bits per heavy atom. The van der Waals surface area contributed by atoms with Crippen molar-refractivity contribution in [3.63, 3.8) is 0 Å². The molecule has 146 valence electrons. The summed E-state index contributed by atoms with van der Waals surface area (Å²) in [4.78, 5) is 11.7. The minimum absolute atomic E-state index is 0.0666. The molecule has 1 aromatic carbocycles. The maximum absolute atomic E-state index is 11.7. The number of nitrogens with two attached hydrogens (primary N) is 1. The van der Waals surface area contributed by atoms with Gasteiger partial charge in [-0.15, -0.1) is 0 Å². The molecule has 1 aromatic rings. The Kier molecular flexibility index (Phi) is 9.90. The smallest absolute Gasteiger partial charge is 0.294 e. The average molecular weight is 401 g/mol. The molecule has 0 bridgehead atoms. The first kappa shape index (κ1) is 22.7. The zero-order chi connectivity index (χ0) is 19.6. The van der Waals surface area contributed by atoms with Crippen molar-refractivity contribution in [2.75, 3.05) is 5.75 Å². The summed E-state index contributed by atoms with van der Waals surface area (Å²) in [6.07, 6.45) is 7.46. The van der Waals surface area contributed by atoms with E-state index in [4.69, 9.17) is 15.7 Å². The summed E-state index contributed by atoms with van der Waals surface area (Å²) in [5, 5.41) is 7.18. The molecule has 1 aliphatic rings. The van der Waals surface area contributed by atoms with Crippen LogP contribution < -0.4 is 5.73 Å². The van der Waals surface area contributed by atoms with Gasteiger partial charge in [0, 0.05) is 18.1 Å². The first-order valence-corrected chi connectivity index (χ1v) is 11.2. The summed E-state index contributed by atoms with van der Waals surface area (Å²) in [5.74, 6) is 1.56. The molecule has 0 aromatic heterocycles. The summed E-state index contributed by atoms with van der Waals surface area (Å²) >= 11 is 1.33. The number of hydrogen-bond donors (Lipinski definition) is 3. The van der Waals surface area contributed by atoms with Gasteiger partial charge in [-0.1, -0.05) is 48.7 Å². The Labute approximate surface area is 160 Å². The van der Waals surface area contributed by atoms with Crippen LogP contribution in [0.2, 0.25) is 0 Å². The number of carbonyl (C=O) groups is 1. The predicted molar refractivity (Wildman–Crippen MR) is 106 cm³/mol. The number of ketones is 1. The van der Waals surface area contributed by atoms with Gasteiger partial charge in [0.05, 0.1) is 4.90 Å². The lowest BCUT2D eigenvalue weighted by atomic mass is 9.85. The van der Waals surface area contributed by atoms with E-state index in [1.807, 2.05) is 6.92 Å². The number of rotatable bonds is 6. The zero-order valence-corrected chi connectivity index (χ0v) is 16.7. The zero-order valence-electron chi connectivity index (χ0n) is 15.1. The topological polar surface area (TPSA) is 121 Å². The Bertz CT molecular complexity index is 682. The van der Waals surface area contributed by atoms with Crippen molar-refractivity contribution in [2.24, 2.45) is 11.7 Å². The monoisotopic (exact) mass is 400 g/mol. The van der Waals surface area contributed by atoms with Gasteiger partial charge in [0.25, 0.3) is 10.1 Å². The fourth-order valence-corrected chi connectivity index (χ4v) is 3.76. The Balaban J connectivity index is 0.000000273. The highest BCUT2D eigenvalue weighted by molar-refractivity contribution is 8.13. The van der Waals surface area contributed by atoms with Crippen LogP contribution in [-0.4, -0.2) is 29.7 Å². The number of Topliss-reactive ketones (excluding diaryl/α,β-unsaturated/α-hetero) is 1. The largest absolute Gasteiger partial charge is 0.379 e. The number of benzene rings is 1. The van der Waals surface area contributed by atoms with Gasteiger partial charge in [-0.3, -0.25) is 14.8 Å². The molecule has 1 saturated carbocycles. The van der Waals surface area contributed by atoms with Crippen LogP contribution in [0.5, 0.6) is 0 Å². The third-order valence-electron chi connectivity index (χ3n) is 4.20. The Hall–Kier alpha value is -1.38. The molecule has 0 atom stereocenters. The van der Waals surface area contributed by atoms with E-state index in [-0.39, 0.29) is 10.1 Å². The molecule has 1 aliphatic carbocycles. The SMILES string of the molecule is Cc1ccc(S(=O)(=O)O)cc1.N=C(N)SCCCC(=O)C1CCCCC1. The summed E-state index contributed by atoms with van der Waals surface area (Å²) in [6, 6.07) is 5.99. The number of thioether (sulfide) groups is 1. The highest BCUT2D eigenvalue weighted by Crippen LogP contribution is 2.25. The number of aryl methyl sites for hydroxylation is 1. The van der Waals surface area contributed by atoms with Crippen LogP contribution in [0.15, 0.2) is 29.2 Å². The number of hydrogen-bond acceptors (Lipinski definition) is 5. The molecule has 0 aliphatic heterocycles. The molecule has 6 nitrogen and oxygen atoms in total. The van der Waals surface area contributed by atoms with Crippen molar-refractivity contribution in [3.05, 3.63) is 29.8 Å². The van der Waals surface area contributed by atoms with Gasteiger partial charge < -0.3 is 5.73 Å². The maximum atomic E-state index is 11.7. The fourth-order valence-electron chi connectivity index (χ4n) is 2.77. The van der Waals surface area contributed by atoms with Gasteiger partial charge in [0.1, 0.15) is 5.78 Å². The van der Waals surface area contributed by atoms with Gasteiger partial charge in [-0.2, -0.15) is 8.42 Å². The highest BCUT2D eigenvalue weighted by Gasteiger charge is 2.20. The second kappa shape index (κ2) is 11.4. The highest BCUT2D eigenvalue weighted by atomic mass is 32.2. The van der Waals surface area contributed by atoms with Crippen molar-refractivity contribution in [3.8, 4) is 0 Å². The maximum Gasteiger partial charge on any atom is 0.294 e. The molecule has 1 fully saturated rings. The van der Waals surface area contributed by atoms with Crippen molar-refractivity contribution < 1.29 is 17.8 Å². The van der Waals surface area contributed by atoms with E-state index in [9.17, 15) is 13.2 Å². The predicted octanol–water partition coefficient (Wildman–Crippen LogP) is 3.78. The second-order valence-corrected chi connectivity index (χ2v) is 8.96. The van der Waals surface area contributed by atoms with Crippen LogP contribution >= 0.6 is 11.8 Å². The molecule has 8 heteroatoms. The molecular weight excluding hydrogens is 372 g/mol. The fraction of sp³-hybridized carbons (Fsp3) is 0.556. The van der Waals surface area contributed by atoms with E-state index < -0.39 is 10.1 Å². The van der Waals surface area contributed by atoms with Crippen molar-refractivity contribution in [1.29, 1.82) is 5.41 Å². The summed E-state index contributed by atoms with van der Waals surface area (Å²) in [5.41, 5.74) is 6.17. The van der Waals surface area contributed by atoms with Gasteiger partial charge in [-0.05, 0) is 38.3 Å². The number of amidine groups is 1. The summed E-state index contributed by atoms with van der Waals surface area (Å²) < 4.78 is 29.6. The van der Waals surface area contributed by atoms with Crippen molar-refractivity contribution >= 4 is 32.8 Å². The van der Waals surface area contributed by atoms with E-state index in [1.54, 1.807) is 12.1 Å². The van der Waals surface area contributed by atoms with E-state index in [0.717, 1.165) is 30.6 Å². The molecule has 0 amide bonds. The standard InChI is InChI=1S/C11H20N2OS.C7H8O3S/c12-11(13)15-8-4-7-10(14)9-5-2-1-3-6-9;1-6-2-4-7(5-3-6)11(8,9)10/h9H,1-8H2,(H3,12,13);2-5H,1H3,(H,8,9,10). The third kappa shape index (κ3) is 9.35. The molecule has 0 heterocycles. The lowest BCUT2D eigenvalue weighted by molar-refractivity contribution is -0.123. The lowest BCUT2D eigenvalue weighted by Crippen LogP contribution is -2.17. The first-order chi connectivity index (χ1) is 12.2. The van der Waals surface area contributed by atoms with Crippen molar-refractivity contribution in [1.82, 2.24) is 0 Å². The van der Waals surface area contributed by atoms with E-state index in [0.29, 0.717) is 18.1 Å². The van der Waals surface area contributed by atoms with Crippen molar-refractivity contribution in [2.45, 2.75) is 56.8 Å². The van der Waals surface area contributed by atoms with Crippen LogP contribution in [0.3, 0.4) is 0 Å². The summed E-state index contributed by atoms with van der Waals surface area (Å²) in [7, 11) is -4.02. The normalized spacial score (nSPS) is 15.0. The Morgan fingerprint density at radius 3 is 2.31 bits per heavy atom. The molecule has 4 N–H and O–H groups in total. The van der Waals surface area contributed by atoms with Crippen LogP contribution in [-0.2, 0) is 14.9 Å². The van der Waals surface area contributed by atoms with Gasteiger partial charge in [-0.25, -0.2) is 0 Å². The summed E-state index contributed by atoms with van der Waals surface area (Å²) in [6.45, 7) is 1.84. The van der Waals surface area contributed by atoms with Crippen LogP contribution in [0.25, 0.3) is 0 Å². The first-order valence-electron chi connectivity index (χ1n) is 8.74.